The van der Waals surface area contributed by atoms with E-state index in [-0.39, 0.29) is 18.2 Å². The number of nitrogens with one attached hydrogen (secondary N) is 1. The van der Waals surface area contributed by atoms with Crippen molar-refractivity contribution in [3.05, 3.63) is 29.3 Å². The molecule has 0 saturated heterocycles. The van der Waals surface area contributed by atoms with Crippen molar-refractivity contribution in [1.29, 1.82) is 0 Å². The number of hydrogen-bond donors (Lipinski definition) is 3. The molecule has 0 spiro atoms. The van der Waals surface area contributed by atoms with Gasteiger partial charge in [-0.05, 0) is 25.0 Å². The number of benzene rings is 1. The quantitative estimate of drug-likeness (QED) is 0.321. The van der Waals surface area contributed by atoms with Crippen molar-refractivity contribution in [2.24, 2.45) is 10.9 Å². The van der Waals surface area contributed by atoms with Gasteiger partial charge in [-0.25, -0.2) is 0 Å². The Balaban J connectivity index is 0.00000196. The lowest BCUT2D eigenvalue weighted by molar-refractivity contribution is 0.317. The largest absolute Gasteiger partial charge is 0.409 e. The van der Waals surface area contributed by atoms with Gasteiger partial charge in [0.05, 0.1) is 6.54 Å². The first kappa shape index (κ1) is 13.6. The Bertz CT molecular complexity index is 332. The van der Waals surface area contributed by atoms with Gasteiger partial charge in [-0.3, -0.25) is 0 Å². The Morgan fingerprint density at radius 1 is 1.40 bits per heavy atom. The van der Waals surface area contributed by atoms with Crippen molar-refractivity contribution in [1.82, 2.24) is 0 Å². The van der Waals surface area contributed by atoms with E-state index in [0.29, 0.717) is 6.54 Å². The highest BCUT2D eigenvalue weighted by Crippen LogP contribution is 2.18. The van der Waals surface area contributed by atoms with Gasteiger partial charge in [0.2, 0.25) is 0 Å². The average molecular weight is 230 g/mol. The third kappa shape index (κ3) is 3.67. The molecule has 0 aliphatic heterocycles. The molecule has 15 heavy (non-hydrogen) atoms. The minimum atomic E-state index is 0. The number of para-hydroxylation sites is 1. The predicted octanol–water partition coefficient (Wildman–Crippen LogP) is 1.88. The molecule has 1 rings (SSSR count). The SMILES string of the molecule is Cc1cccc(C)c1NCC(N)=NO.Cl. The lowest BCUT2D eigenvalue weighted by atomic mass is 10.1. The van der Waals surface area contributed by atoms with Crippen LogP contribution in [0.1, 0.15) is 11.1 Å². The Kier molecular flexibility index (Phi) is 5.56. The van der Waals surface area contributed by atoms with Gasteiger partial charge >= 0.3 is 0 Å². The molecule has 5 heteroatoms. The van der Waals surface area contributed by atoms with E-state index >= 15 is 0 Å². The highest BCUT2D eigenvalue weighted by atomic mass is 35.5. The van der Waals surface area contributed by atoms with Crippen LogP contribution >= 0.6 is 12.4 Å². The first-order chi connectivity index (χ1) is 6.65. The third-order valence-electron chi connectivity index (χ3n) is 2.06. The minimum absolute atomic E-state index is 0. The van der Waals surface area contributed by atoms with Crippen LogP contribution in [0.3, 0.4) is 0 Å². The molecule has 0 bridgehead atoms. The van der Waals surface area contributed by atoms with Crippen LogP contribution in [-0.4, -0.2) is 17.6 Å². The first-order valence-corrected chi connectivity index (χ1v) is 4.41. The molecule has 0 aromatic heterocycles. The maximum Gasteiger partial charge on any atom is 0.158 e. The lowest BCUT2D eigenvalue weighted by Gasteiger charge is -2.11. The summed E-state index contributed by atoms with van der Waals surface area (Å²) in [7, 11) is 0. The Morgan fingerprint density at radius 2 is 1.93 bits per heavy atom. The maximum atomic E-state index is 8.37. The van der Waals surface area contributed by atoms with Crippen LogP contribution < -0.4 is 11.1 Å². The number of halogens is 1. The standard InChI is InChI=1S/C10H15N3O.ClH/c1-7-4-3-5-8(2)10(7)12-6-9(11)13-14;/h3-5,12,14H,6H2,1-2H3,(H2,11,13);1H. The summed E-state index contributed by atoms with van der Waals surface area (Å²) in [6.45, 7) is 4.38. The van der Waals surface area contributed by atoms with Gasteiger partial charge in [-0.15, -0.1) is 12.4 Å². The number of nitrogens with zero attached hydrogens (tertiary/aromatic N) is 1. The molecule has 0 heterocycles. The maximum absolute atomic E-state index is 8.37. The van der Waals surface area contributed by atoms with E-state index in [1.54, 1.807) is 0 Å². The number of amidine groups is 1. The second kappa shape index (κ2) is 6.14. The normalized spacial score (nSPS) is 10.7. The Labute approximate surface area is 95.6 Å². The molecule has 0 aliphatic carbocycles. The molecule has 4 nitrogen and oxygen atoms in total. The summed E-state index contributed by atoms with van der Waals surface area (Å²) in [5.41, 5.74) is 8.70. The molecule has 0 unspecified atom stereocenters. The number of rotatable bonds is 3. The zero-order valence-electron chi connectivity index (χ0n) is 8.82. The number of aryl methyl sites for hydroxylation is 2. The molecule has 0 atom stereocenters. The van der Waals surface area contributed by atoms with Gasteiger partial charge in [-0.1, -0.05) is 23.4 Å². The molecule has 0 aliphatic rings. The van der Waals surface area contributed by atoms with Gasteiger partial charge in [0.1, 0.15) is 0 Å². The predicted molar refractivity (Wildman–Crippen MR) is 65.1 cm³/mol. The monoisotopic (exact) mass is 229 g/mol. The summed E-state index contributed by atoms with van der Waals surface area (Å²) in [6.07, 6.45) is 0. The average Bonchev–Trinajstić information content (AvgIpc) is 2.16. The van der Waals surface area contributed by atoms with Crippen molar-refractivity contribution in [3.63, 3.8) is 0 Å². The smallest absolute Gasteiger partial charge is 0.158 e. The second-order valence-electron chi connectivity index (χ2n) is 3.21. The van der Waals surface area contributed by atoms with Crippen LogP contribution in [0.25, 0.3) is 0 Å². The topological polar surface area (TPSA) is 70.6 Å². The van der Waals surface area contributed by atoms with Crippen LogP contribution in [0.5, 0.6) is 0 Å². The van der Waals surface area contributed by atoms with E-state index in [1.807, 2.05) is 32.0 Å². The lowest BCUT2D eigenvalue weighted by Crippen LogP contribution is -2.23. The number of hydrogen-bond acceptors (Lipinski definition) is 3. The van der Waals surface area contributed by atoms with Gasteiger partial charge in [-0.2, -0.15) is 0 Å². The van der Waals surface area contributed by atoms with Crippen LogP contribution in [0.4, 0.5) is 5.69 Å². The summed E-state index contributed by atoms with van der Waals surface area (Å²) in [5.74, 6) is 0.174. The zero-order chi connectivity index (χ0) is 10.6. The van der Waals surface area contributed by atoms with E-state index in [0.717, 1.165) is 16.8 Å². The highest BCUT2D eigenvalue weighted by molar-refractivity contribution is 5.85. The van der Waals surface area contributed by atoms with Crippen molar-refractivity contribution >= 4 is 23.9 Å². The van der Waals surface area contributed by atoms with Crippen molar-refractivity contribution in [3.8, 4) is 0 Å². The summed E-state index contributed by atoms with van der Waals surface area (Å²) < 4.78 is 0. The molecule has 0 radical (unpaired) electrons. The van der Waals surface area contributed by atoms with Crippen molar-refractivity contribution < 1.29 is 5.21 Å². The fraction of sp³-hybridized carbons (Fsp3) is 0.300. The molecular formula is C10H16ClN3O. The van der Waals surface area contributed by atoms with E-state index < -0.39 is 0 Å². The van der Waals surface area contributed by atoms with Crippen molar-refractivity contribution in [2.75, 3.05) is 11.9 Å². The van der Waals surface area contributed by atoms with E-state index in [9.17, 15) is 0 Å². The number of anilines is 1. The highest BCUT2D eigenvalue weighted by Gasteiger charge is 2.01. The molecule has 0 amide bonds. The first-order valence-electron chi connectivity index (χ1n) is 4.41. The van der Waals surface area contributed by atoms with Gasteiger partial charge in [0, 0.05) is 5.69 Å². The van der Waals surface area contributed by atoms with Crippen molar-refractivity contribution in [2.45, 2.75) is 13.8 Å². The van der Waals surface area contributed by atoms with Gasteiger partial charge in [0.25, 0.3) is 0 Å². The van der Waals surface area contributed by atoms with Crippen LogP contribution in [0, 0.1) is 13.8 Å². The molecular weight excluding hydrogens is 214 g/mol. The molecule has 0 saturated carbocycles. The zero-order valence-corrected chi connectivity index (χ0v) is 9.64. The molecule has 1 aromatic rings. The number of nitrogens with two attached hydrogens (primary N) is 1. The molecule has 84 valence electrons. The van der Waals surface area contributed by atoms with E-state index in [4.69, 9.17) is 10.9 Å². The summed E-state index contributed by atoms with van der Waals surface area (Å²) >= 11 is 0. The Hall–Kier alpha value is -1.42. The molecule has 4 N–H and O–H groups in total. The second-order valence-corrected chi connectivity index (χ2v) is 3.21. The fourth-order valence-corrected chi connectivity index (χ4v) is 1.31. The molecule has 0 fully saturated rings. The Morgan fingerprint density at radius 3 is 2.40 bits per heavy atom. The van der Waals surface area contributed by atoms with Crippen LogP contribution in [0.15, 0.2) is 23.4 Å². The van der Waals surface area contributed by atoms with Gasteiger partial charge in [0.15, 0.2) is 5.84 Å². The van der Waals surface area contributed by atoms with Gasteiger partial charge < -0.3 is 16.3 Å². The fourth-order valence-electron chi connectivity index (χ4n) is 1.31. The third-order valence-corrected chi connectivity index (χ3v) is 2.06. The summed E-state index contributed by atoms with van der Waals surface area (Å²) in [6, 6.07) is 6.03. The minimum Gasteiger partial charge on any atom is -0.409 e. The van der Waals surface area contributed by atoms with Crippen LogP contribution in [0.2, 0.25) is 0 Å². The van der Waals surface area contributed by atoms with E-state index in [1.165, 1.54) is 0 Å². The number of oxime groups is 1. The van der Waals surface area contributed by atoms with Crippen LogP contribution in [-0.2, 0) is 0 Å². The summed E-state index contributed by atoms with van der Waals surface area (Å²) in [5, 5.41) is 14.4. The molecule has 1 aromatic carbocycles. The van der Waals surface area contributed by atoms with E-state index in [2.05, 4.69) is 10.5 Å². The summed E-state index contributed by atoms with van der Waals surface area (Å²) in [4.78, 5) is 0.